The van der Waals surface area contributed by atoms with Crippen LogP contribution in [0.25, 0.3) is 16.9 Å². The van der Waals surface area contributed by atoms with Gasteiger partial charge in [-0.2, -0.15) is 14.8 Å². The molecule has 0 bridgehead atoms. The third kappa shape index (κ3) is 3.42. The lowest BCUT2D eigenvalue weighted by atomic mass is 10.1. The van der Waals surface area contributed by atoms with E-state index in [9.17, 15) is 4.39 Å². The number of hydrogen-bond acceptors (Lipinski definition) is 7. The molecule has 0 amide bonds. The largest absolute Gasteiger partial charge is 0.381 e. The average Bonchev–Trinajstić information content (AvgIpc) is 3.38. The summed E-state index contributed by atoms with van der Waals surface area (Å²) in [6.45, 7) is 3.22. The van der Waals surface area contributed by atoms with Crippen molar-refractivity contribution in [1.82, 2.24) is 34.7 Å². The van der Waals surface area contributed by atoms with E-state index >= 15 is 0 Å². The van der Waals surface area contributed by atoms with Crippen molar-refractivity contribution >= 4 is 22.8 Å². The molecule has 10 heteroatoms. The van der Waals surface area contributed by atoms with Crippen molar-refractivity contribution in [3.63, 3.8) is 0 Å². The fourth-order valence-corrected chi connectivity index (χ4v) is 3.40. The van der Waals surface area contributed by atoms with E-state index < -0.39 is 0 Å². The fraction of sp³-hybridized carbons (Fsp3) is 0.316. The number of nitrogens with one attached hydrogen (secondary N) is 1. The molecular formula is C19H19FN8O. The number of anilines is 2. The second kappa shape index (κ2) is 7.21. The van der Waals surface area contributed by atoms with Crippen LogP contribution < -0.4 is 5.32 Å². The van der Waals surface area contributed by atoms with E-state index in [0.29, 0.717) is 34.4 Å². The highest BCUT2D eigenvalue weighted by atomic mass is 19.1. The van der Waals surface area contributed by atoms with Gasteiger partial charge in [0.2, 0.25) is 5.95 Å². The van der Waals surface area contributed by atoms with Crippen LogP contribution in [0, 0.1) is 12.7 Å². The minimum absolute atomic E-state index is 0.267. The van der Waals surface area contributed by atoms with Crippen molar-refractivity contribution in [2.45, 2.75) is 25.8 Å². The zero-order valence-corrected chi connectivity index (χ0v) is 15.8. The molecule has 1 saturated heterocycles. The van der Waals surface area contributed by atoms with Gasteiger partial charge in [-0.05, 0) is 43.5 Å². The monoisotopic (exact) mass is 394 g/mol. The van der Waals surface area contributed by atoms with E-state index in [4.69, 9.17) is 4.74 Å². The van der Waals surface area contributed by atoms with Gasteiger partial charge < -0.3 is 10.1 Å². The summed E-state index contributed by atoms with van der Waals surface area (Å²) in [5.41, 5.74) is 3.09. The SMILES string of the molecule is Cc1cc(-n2nnc3cnc(Nc4cnn(C5CCOCC5)c4)nc32)ccc1F. The first-order valence-corrected chi connectivity index (χ1v) is 9.41. The smallest absolute Gasteiger partial charge is 0.229 e. The molecule has 29 heavy (non-hydrogen) atoms. The number of ether oxygens (including phenoxy) is 1. The molecule has 1 aliphatic rings. The van der Waals surface area contributed by atoms with Gasteiger partial charge in [0, 0.05) is 19.4 Å². The number of halogens is 1. The van der Waals surface area contributed by atoms with Crippen LogP contribution in [-0.4, -0.2) is 48.0 Å². The van der Waals surface area contributed by atoms with Crippen LogP contribution in [0.1, 0.15) is 24.4 Å². The van der Waals surface area contributed by atoms with Crippen LogP contribution in [-0.2, 0) is 4.74 Å². The standard InChI is InChI=1S/C19H19FN8O/c1-12-8-15(2-3-16(12)20)28-18-17(25-26-28)10-21-19(24-18)23-13-9-22-27(11-13)14-4-6-29-7-5-14/h2-3,8-11,14H,4-7H2,1H3,(H,21,23,24). The Kier molecular flexibility index (Phi) is 4.39. The molecule has 0 radical (unpaired) electrons. The van der Waals surface area contributed by atoms with Gasteiger partial charge >= 0.3 is 0 Å². The number of nitrogens with zero attached hydrogens (tertiary/aromatic N) is 7. The van der Waals surface area contributed by atoms with E-state index in [-0.39, 0.29) is 5.82 Å². The molecule has 1 aromatic carbocycles. The summed E-state index contributed by atoms with van der Waals surface area (Å²) in [4.78, 5) is 8.85. The third-order valence-corrected chi connectivity index (χ3v) is 5.00. The number of benzene rings is 1. The van der Waals surface area contributed by atoms with E-state index in [1.165, 1.54) is 6.07 Å². The Morgan fingerprint density at radius 2 is 2.07 bits per heavy atom. The molecular weight excluding hydrogens is 375 g/mol. The van der Waals surface area contributed by atoms with Crippen molar-refractivity contribution in [2.24, 2.45) is 0 Å². The minimum atomic E-state index is -0.267. The fourth-order valence-electron chi connectivity index (χ4n) is 3.40. The maximum absolute atomic E-state index is 13.6. The lowest BCUT2D eigenvalue weighted by Gasteiger charge is -2.22. The normalized spacial score (nSPS) is 15.1. The van der Waals surface area contributed by atoms with Crippen molar-refractivity contribution in [2.75, 3.05) is 18.5 Å². The van der Waals surface area contributed by atoms with Crippen molar-refractivity contribution in [3.05, 3.63) is 48.2 Å². The number of hydrogen-bond donors (Lipinski definition) is 1. The molecule has 4 heterocycles. The average molecular weight is 394 g/mol. The topological polar surface area (TPSA) is 95.6 Å². The molecule has 0 unspecified atom stereocenters. The summed E-state index contributed by atoms with van der Waals surface area (Å²) in [5, 5.41) is 15.9. The quantitative estimate of drug-likeness (QED) is 0.568. The second-order valence-electron chi connectivity index (χ2n) is 7.01. The second-order valence-corrected chi connectivity index (χ2v) is 7.01. The molecule has 1 fully saturated rings. The van der Waals surface area contributed by atoms with Crippen LogP contribution in [0.5, 0.6) is 0 Å². The van der Waals surface area contributed by atoms with E-state index in [0.717, 1.165) is 31.7 Å². The molecule has 3 aromatic heterocycles. The summed E-state index contributed by atoms with van der Waals surface area (Å²) < 4.78 is 22.5. The zero-order chi connectivity index (χ0) is 19.8. The van der Waals surface area contributed by atoms with E-state index in [2.05, 4.69) is 30.7 Å². The highest BCUT2D eigenvalue weighted by molar-refractivity contribution is 5.72. The van der Waals surface area contributed by atoms with Gasteiger partial charge in [-0.3, -0.25) is 4.68 Å². The van der Waals surface area contributed by atoms with Gasteiger partial charge in [-0.15, -0.1) is 5.10 Å². The Morgan fingerprint density at radius 1 is 1.21 bits per heavy atom. The molecule has 1 aliphatic heterocycles. The van der Waals surface area contributed by atoms with Crippen molar-refractivity contribution in [1.29, 1.82) is 0 Å². The van der Waals surface area contributed by atoms with Crippen molar-refractivity contribution in [3.8, 4) is 5.69 Å². The molecule has 0 aliphatic carbocycles. The van der Waals surface area contributed by atoms with Gasteiger partial charge in [-0.1, -0.05) is 5.21 Å². The van der Waals surface area contributed by atoms with E-state index in [1.54, 1.807) is 36.1 Å². The van der Waals surface area contributed by atoms with Gasteiger partial charge in [0.25, 0.3) is 0 Å². The first-order chi connectivity index (χ1) is 14.2. The summed E-state index contributed by atoms with van der Waals surface area (Å²) in [7, 11) is 0. The van der Waals surface area contributed by atoms with E-state index in [1.807, 2.05) is 10.9 Å². The molecule has 0 spiro atoms. The van der Waals surface area contributed by atoms with Gasteiger partial charge in [0.05, 0.1) is 29.8 Å². The van der Waals surface area contributed by atoms with Crippen LogP contribution >= 0.6 is 0 Å². The molecule has 5 rings (SSSR count). The van der Waals surface area contributed by atoms with Gasteiger partial charge in [-0.25, -0.2) is 9.37 Å². The van der Waals surface area contributed by atoms with Crippen LogP contribution in [0.4, 0.5) is 16.0 Å². The highest BCUT2D eigenvalue weighted by Crippen LogP contribution is 2.23. The highest BCUT2D eigenvalue weighted by Gasteiger charge is 2.17. The lowest BCUT2D eigenvalue weighted by molar-refractivity contribution is 0.0662. The summed E-state index contributed by atoms with van der Waals surface area (Å²) in [6.07, 6.45) is 7.20. The van der Waals surface area contributed by atoms with Crippen molar-refractivity contribution < 1.29 is 9.13 Å². The number of fused-ring (bicyclic) bond motifs is 1. The number of aromatic nitrogens is 7. The Balaban J connectivity index is 1.42. The maximum atomic E-state index is 13.6. The Hall–Kier alpha value is -3.40. The zero-order valence-electron chi connectivity index (χ0n) is 15.8. The predicted molar refractivity (Wildman–Crippen MR) is 104 cm³/mol. The van der Waals surface area contributed by atoms with Crippen LogP contribution in [0.2, 0.25) is 0 Å². The summed E-state index contributed by atoms with van der Waals surface area (Å²) in [5.74, 6) is 0.142. The molecule has 148 valence electrons. The summed E-state index contributed by atoms with van der Waals surface area (Å²) >= 11 is 0. The van der Waals surface area contributed by atoms with Gasteiger partial charge in [0.15, 0.2) is 11.2 Å². The molecule has 0 atom stereocenters. The first-order valence-electron chi connectivity index (χ1n) is 9.41. The molecule has 9 nitrogen and oxygen atoms in total. The van der Waals surface area contributed by atoms with Crippen LogP contribution in [0.3, 0.4) is 0 Å². The third-order valence-electron chi connectivity index (χ3n) is 5.00. The number of aryl methyl sites for hydroxylation is 1. The number of rotatable bonds is 4. The first kappa shape index (κ1) is 17.7. The van der Waals surface area contributed by atoms with Gasteiger partial charge in [0.1, 0.15) is 5.82 Å². The minimum Gasteiger partial charge on any atom is -0.381 e. The predicted octanol–water partition coefficient (Wildman–Crippen LogP) is 2.95. The lowest BCUT2D eigenvalue weighted by Crippen LogP contribution is -2.19. The molecule has 0 saturated carbocycles. The summed E-state index contributed by atoms with van der Waals surface area (Å²) in [6, 6.07) is 5.10. The Bertz CT molecular complexity index is 1160. The van der Waals surface area contributed by atoms with Crippen LogP contribution in [0.15, 0.2) is 36.8 Å². The molecule has 1 N–H and O–H groups in total. The molecule has 4 aromatic rings. The maximum Gasteiger partial charge on any atom is 0.229 e. The Morgan fingerprint density at radius 3 is 2.90 bits per heavy atom. The Labute approximate surface area is 165 Å².